The third kappa shape index (κ3) is 3.44. The van der Waals surface area contributed by atoms with Crippen molar-refractivity contribution in [2.75, 3.05) is 13.7 Å². The maximum absolute atomic E-state index is 5.96. The first-order valence-electron chi connectivity index (χ1n) is 6.17. The predicted octanol–water partition coefficient (Wildman–Crippen LogP) is 3.04. The molecule has 2 atom stereocenters. The second-order valence-corrected chi connectivity index (χ2v) is 5.52. The fraction of sp³-hybridized carbons (Fsp3) is 0.571. The van der Waals surface area contributed by atoms with Gasteiger partial charge in [0, 0.05) is 24.1 Å². The summed E-state index contributed by atoms with van der Waals surface area (Å²) in [7, 11) is 2.03. The lowest BCUT2D eigenvalue weighted by atomic mass is 9.86. The van der Waals surface area contributed by atoms with Crippen LogP contribution in [-0.4, -0.2) is 25.3 Å². The van der Waals surface area contributed by atoms with Crippen LogP contribution in [-0.2, 0) is 11.2 Å². The highest BCUT2D eigenvalue weighted by atomic mass is 35.5. The van der Waals surface area contributed by atoms with Crippen molar-refractivity contribution in [3.63, 3.8) is 0 Å². The Morgan fingerprint density at radius 2 is 2.12 bits per heavy atom. The summed E-state index contributed by atoms with van der Waals surface area (Å²) in [6, 6.07) is 8.62. The zero-order chi connectivity index (χ0) is 12.3. The minimum atomic E-state index is -0.0558. The van der Waals surface area contributed by atoms with Gasteiger partial charge in [-0.15, -0.1) is 0 Å². The van der Waals surface area contributed by atoms with Crippen molar-refractivity contribution < 1.29 is 4.74 Å². The number of benzene rings is 1. The van der Waals surface area contributed by atoms with Gasteiger partial charge in [-0.3, -0.25) is 0 Å². The van der Waals surface area contributed by atoms with Crippen molar-refractivity contribution in [3.8, 4) is 0 Å². The van der Waals surface area contributed by atoms with Crippen LogP contribution in [0.5, 0.6) is 0 Å². The van der Waals surface area contributed by atoms with E-state index in [1.54, 1.807) is 0 Å². The van der Waals surface area contributed by atoms with Gasteiger partial charge in [0.05, 0.1) is 5.60 Å². The highest BCUT2D eigenvalue weighted by molar-refractivity contribution is 6.30. The quantitative estimate of drug-likeness (QED) is 0.894. The summed E-state index contributed by atoms with van der Waals surface area (Å²) in [6.45, 7) is 3.04. The zero-order valence-corrected chi connectivity index (χ0v) is 11.3. The first kappa shape index (κ1) is 12.9. The van der Waals surface area contributed by atoms with Crippen molar-refractivity contribution in [1.29, 1.82) is 0 Å². The molecule has 0 radical (unpaired) electrons. The van der Waals surface area contributed by atoms with Crippen molar-refractivity contribution in [1.82, 2.24) is 5.32 Å². The van der Waals surface area contributed by atoms with Crippen LogP contribution in [0, 0.1) is 0 Å². The lowest BCUT2D eigenvalue weighted by molar-refractivity contribution is -0.0744. The van der Waals surface area contributed by atoms with Gasteiger partial charge in [-0.1, -0.05) is 23.7 Å². The molecule has 17 heavy (non-hydrogen) atoms. The summed E-state index contributed by atoms with van der Waals surface area (Å²) in [6.07, 6.45) is 3.11. The molecule has 0 amide bonds. The van der Waals surface area contributed by atoms with Gasteiger partial charge in [0.1, 0.15) is 0 Å². The molecule has 2 rings (SSSR count). The van der Waals surface area contributed by atoms with Gasteiger partial charge in [0.15, 0.2) is 0 Å². The van der Waals surface area contributed by atoms with E-state index in [4.69, 9.17) is 16.3 Å². The second-order valence-electron chi connectivity index (χ2n) is 5.08. The molecule has 1 aliphatic heterocycles. The maximum atomic E-state index is 5.96. The number of hydrogen-bond acceptors (Lipinski definition) is 2. The van der Waals surface area contributed by atoms with E-state index in [0.29, 0.717) is 6.04 Å². The molecule has 1 aromatic carbocycles. The van der Waals surface area contributed by atoms with Gasteiger partial charge in [-0.25, -0.2) is 0 Å². The summed E-state index contributed by atoms with van der Waals surface area (Å²) < 4.78 is 5.96. The molecule has 0 aromatic heterocycles. The Bertz CT molecular complexity index is 365. The molecule has 2 nitrogen and oxygen atoms in total. The van der Waals surface area contributed by atoms with Crippen LogP contribution in [0.25, 0.3) is 0 Å². The van der Waals surface area contributed by atoms with Crippen LogP contribution in [0.1, 0.15) is 25.3 Å². The van der Waals surface area contributed by atoms with Crippen molar-refractivity contribution in [3.05, 3.63) is 34.9 Å². The smallest absolute Gasteiger partial charge is 0.0709 e. The molecule has 0 saturated carbocycles. The minimum Gasteiger partial charge on any atom is -0.375 e. The summed E-state index contributed by atoms with van der Waals surface area (Å²) >= 11 is 5.89. The van der Waals surface area contributed by atoms with E-state index in [0.717, 1.165) is 30.9 Å². The number of ether oxygens (including phenoxy) is 1. The van der Waals surface area contributed by atoms with Gasteiger partial charge in [-0.05, 0) is 44.5 Å². The van der Waals surface area contributed by atoms with E-state index < -0.39 is 0 Å². The van der Waals surface area contributed by atoms with Gasteiger partial charge in [0.2, 0.25) is 0 Å². The van der Waals surface area contributed by atoms with Crippen molar-refractivity contribution >= 4 is 11.6 Å². The van der Waals surface area contributed by atoms with Crippen LogP contribution >= 0.6 is 11.6 Å². The van der Waals surface area contributed by atoms with E-state index in [9.17, 15) is 0 Å². The first-order chi connectivity index (χ1) is 8.11. The third-order valence-corrected chi connectivity index (χ3v) is 3.75. The summed E-state index contributed by atoms with van der Waals surface area (Å²) in [5.41, 5.74) is 1.23. The predicted molar refractivity (Wildman–Crippen MR) is 71.6 cm³/mol. The third-order valence-electron chi connectivity index (χ3n) is 3.49. The van der Waals surface area contributed by atoms with Crippen LogP contribution in [0.3, 0.4) is 0 Å². The van der Waals surface area contributed by atoms with Crippen LogP contribution < -0.4 is 5.32 Å². The molecule has 1 aromatic rings. The number of rotatable bonds is 3. The molecule has 1 saturated heterocycles. The van der Waals surface area contributed by atoms with Crippen molar-refractivity contribution in [2.24, 2.45) is 0 Å². The van der Waals surface area contributed by atoms with E-state index in [-0.39, 0.29) is 5.60 Å². The Hall–Kier alpha value is -0.570. The standard InChI is InChI=1S/C14H20ClNO/c1-14(10-13(16-2)7-8-17-14)9-11-3-5-12(15)6-4-11/h3-6,13,16H,7-10H2,1-2H3. The summed E-state index contributed by atoms with van der Waals surface area (Å²) in [5, 5.41) is 4.14. The molecular formula is C14H20ClNO. The van der Waals surface area contributed by atoms with Crippen LogP contribution in [0.4, 0.5) is 0 Å². The Morgan fingerprint density at radius 1 is 1.41 bits per heavy atom. The largest absolute Gasteiger partial charge is 0.375 e. The lowest BCUT2D eigenvalue weighted by Crippen LogP contribution is -2.45. The normalized spacial score (nSPS) is 29.2. The van der Waals surface area contributed by atoms with Crippen molar-refractivity contribution in [2.45, 2.75) is 37.8 Å². The molecule has 0 aliphatic carbocycles. The van der Waals surface area contributed by atoms with E-state index in [2.05, 4.69) is 24.4 Å². The molecule has 1 fully saturated rings. The van der Waals surface area contributed by atoms with Gasteiger partial charge >= 0.3 is 0 Å². The lowest BCUT2D eigenvalue weighted by Gasteiger charge is -2.38. The highest BCUT2D eigenvalue weighted by Crippen LogP contribution is 2.28. The summed E-state index contributed by atoms with van der Waals surface area (Å²) in [5.74, 6) is 0. The Morgan fingerprint density at radius 3 is 2.76 bits per heavy atom. The van der Waals surface area contributed by atoms with Gasteiger partial charge in [-0.2, -0.15) is 0 Å². The monoisotopic (exact) mass is 253 g/mol. The summed E-state index contributed by atoms with van der Waals surface area (Å²) in [4.78, 5) is 0. The minimum absolute atomic E-state index is 0.0558. The topological polar surface area (TPSA) is 21.3 Å². The molecule has 1 N–H and O–H groups in total. The van der Waals surface area contributed by atoms with Gasteiger partial charge in [0.25, 0.3) is 0 Å². The molecule has 1 aliphatic rings. The first-order valence-corrected chi connectivity index (χ1v) is 6.55. The molecular weight excluding hydrogens is 234 g/mol. The molecule has 1 heterocycles. The highest BCUT2D eigenvalue weighted by Gasteiger charge is 2.32. The molecule has 0 bridgehead atoms. The fourth-order valence-electron chi connectivity index (χ4n) is 2.53. The van der Waals surface area contributed by atoms with E-state index in [1.807, 2.05) is 19.2 Å². The van der Waals surface area contributed by atoms with E-state index in [1.165, 1.54) is 5.56 Å². The Kier molecular flexibility index (Phi) is 4.08. The average molecular weight is 254 g/mol. The van der Waals surface area contributed by atoms with Gasteiger partial charge < -0.3 is 10.1 Å². The number of nitrogens with one attached hydrogen (secondary N) is 1. The second kappa shape index (κ2) is 5.38. The molecule has 3 heteroatoms. The van der Waals surface area contributed by atoms with Crippen LogP contribution in [0.15, 0.2) is 24.3 Å². The SMILES string of the molecule is CNC1CCOC(C)(Cc2ccc(Cl)cc2)C1. The zero-order valence-electron chi connectivity index (χ0n) is 10.5. The van der Waals surface area contributed by atoms with Crippen LogP contribution in [0.2, 0.25) is 5.02 Å². The van der Waals surface area contributed by atoms with E-state index >= 15 is 0 Å². The number of hydrogen-bond donors (Lipinski definition) is 1. The molecule has 2 unspecified atom stereocenters. The Balaban J connectivity index is 2.03. The number of halogens is 1. The fourth-order valence-corrected chi connectivity index (χ4v) is 2.66. The Labute approximate surface area is 108 Å². The average Bonchev–Trinajstić information content (AvgIpc) is 2.32. The maximum Gasteiger partial charge on any atom is 0.0709 e. The molecule has 94 valence electrons. The molecule has 0 spiro atoms.